The topological polar surface area (TPSA) is 69.0 Å². The number of fused-ring (bicyclic) bond motifs is 1. The van der Waals surface area contributed by atoms with Crippen molar-refractivity contribution < 1.29 is 18.0 Å². The molecule has 0 bridgehead atoms. The summed E-state index contributed by atoms with van der Waals surface area (Å²) in [4.78, 5) is 18.6. The van der Waals surface area contributed by atoms with Crippen molar-refractivity contribution in [1.82, 2.24) is 9.88 Å². The number of pyridine rings is 1. The number of nitriles is 1. The van der Waals surface area contributed by atoms with Crippen LogP contribution in [0.25, 0.3) is 0 Å². The Labute approximate surface area is 176 Å². The summed E-state index contributed by atoms with van der Waals surface area (Å²) in [5.41, 5.74) is 2.44. The fourth-order valence-corrected chi connectivity index (χ4v) is 3.73. The molecule has 2 aromatic carbocycles. The van der Waals surface area contributed by atoms with Crippen LogP contribution in [0, 0.1) is 11.3 Å². The van der Waals surface area contributed by atoms with Crippen LogP contribution in [0.1, 0.15) is 34.0 Å². The van der Waals surface area contributed by atoms with Crippen molar-refractivity contribution in [1.29, 1.82) is 5.26 Å². The molecule has 1 N–H and O–H groups in total. The lowest BCUT2D eigenvalue weighted by Gasteiger charge is -2.37. The molecule has 1 aliphatic heterocycles. The Hall–Kier alpha value is -3.86. The molecule has 0 radical (unpaired) electrons. The van der Waals surface area contributed by atoms with Gasteiger partial charge in [-0.2, -0.15) is 18.4 Å². The summed E-state index contributed by atoms with van der Waals surface area (Å²) < 4.78 is 39.0. The third kappa shape index (κ3) is 4.21. The molecular formula is C23H17F3N4O. The molecule has 5 nitrogen and oxygen atoms in total. The molecule has 1 atom stereocenters. The minimum absolute atomic E-state index is 0.229. The second-order valence-corrected chi connectivity index (χ2v) is 7.14. The van der Waals surface area contributed by atoms with E-state index in [9.17, 15) is 18.0 Å². The van der Waals surface area contributed by atoms with E-state index in [0.717, 1.165) is 23.3 Å². The van der Waals surface area contributed by atoms with E-state index in [1.807, 2.05) is 30.3 Å². The summed E-state index contributed by atoms with van der Waals surface area (Å²) in [6, 6.07) is 16.6. The van der Waals surface area contributed by atoms with Crippen molar-refractivity contribution in [2.24, 2.45) is 0 Å². The number of carbonyl (C=O) groups is 1. The van der Waals surface area contributed by atoms with Crippen molar-refractivity contribution in [3.8, 4) is 6.07 Å². The van der Waals surface area contributed by atoms with Crippen molar-refractivity contribution in [3.63, 3.8) is 0 Å². The van der Waals surface area contributed by atoms with Gasteiger partial charge in [0.2, 0.25) is 0 Å². The minimum atomic E-state index is -4.43. The van der Waals surface area contributed by atoms with Gasteiger partial charge in [-0.1, -0.05) is 36.4 Å². The molecule has 31 heavy (non-hydrogen) atoms. The molecule has 0 saturated carbocycles. The second-order valence-electron chi connectivity index (χ2n) is 7.14. The number of nitrogens with zero attached hydrogens (tertiary/aromatic N) is 3. The molecule has 3 aromatic rings. The molecule has 0 saturated heterocycles. The van der Waals surface area contributed by atoms with Crippen LogP contribution in [0.15, 0.2) is 66.9 Å². The van der Waals surface area contributed by atoms with E-state index in [1.165, 1.54) is 24.4 Å². The molecule has 2 amide bonds. The smallest absolute Gasteiger partial charge is 0.313 e. The van der Waals surface area contributed by atoms with E-state index in [0.29, 0.717) is 24.2 Å². The first kappa shape index (κ1) is 20.4. The first-order chi connectivity index (χ1) is 14.9. The monoisotopic (exact) mass is 422 g/mol. The lowest BCUT2D eigenvalue weighted by atomic mass is 9.88. The Morgan fingerprint density at radius 1 is 1.10 bits per heavy atom. The molecule has 1 aliphatic rings. The average molecular weight is 422 g/mol. The average Bonchev–Trinajstić information content (AvgIpc) is 2.78. The summed E-state index contributed by atoms with van der Waals surface area (Å²) >= 11 is 0. The zero-order valence-corrected chi connectivity index (χ0v) is 16.2. The number of rotatable bonds is 2. The van der Waals surface area contributed by atoms with Crippen LogP contribution in [-0.4, -0.2) is 22.5 Å². The second kappa shape index (κ2) is 8.11. The summed E-state index contributed by atoms with van der Waals surface area (Å²) in [7, 11) is 0. The summed E-state index contributed by atoms with van der Waals surface area (Å²) in [5, 5.41) is 11.6. The van der Waals surface area contributed by atoms with Gasteiger partial charge >= 0.3 is 12.2 Å². The predicted molar refractivity (Wildman–Crippen MR) is 108 cm³/mol. The molecular weight excluding hydrogens is 405 g/mol. The fourth-order valence-electron chi connectivity index (χ4n) is 3.73. The number of halogens is 3. The zero-order chi connectivity index (χ0) is 22.0. The normalized spacial score (nSPS) is 15.7. The van der Waals surface area contributed by atoms with Gasteiger partial charge in [-0.3, -0.25) is 0 Å². The summed E-state index contributed by atoms with van der Waals surface area (Å²) in [5.74, 6) is 0. The SMILES string of the molecule is N#Cc1ccc(NC(=O)N2CCc3ccccc3C2c2ccc(C(F)(F)F)cc2)cn1. The predicted octanol–water partition coefficient (Wildman–Crippen LogP) is 5.15. The van der Waals surface area contributed by atoms with E-state index < -0.39 is 23.8 Å². The van der Waals surface area contributed by atoms with Gasteiger partial charge < -0.3 is 10.2 Å². The number of hydrogen-bond donors (Lipinski definition) is 1. The van der Waals surface area contributed by atoms with Crippen LogP contribution in [-0.2, 0) is 12.6 Å². The number of aromatic nitrogens is 1. The quantitative estimate of drug-likeness (QED) is 0.621. The van der Waals surface area contributed by atoms with Gasteiger partial charge in [-0.25, -0.2) is 9.78 Å². The maximum absolute atomic E-state index is 13.1. The Morgan fingerprint density at radius 2 is 1.84 bits per heavy atom. The van der Waals surface area contributed by atoms with Crippen molar-refractivity contribution >= 4 is 11.7 Å². The summed E-state index contributed by atoms with van der Waals surface area (Å²) in [6.07, 6.45) is -2.41. The van der Waals surface area contributed by atoms with Gasteiger partial charge in [0, 0.05) is 6.54 Å². The molecule has 2 heterocycles. The molecule has 1 unspecified atom stereocenters. The molecule has 0 fully saturated rings. The van der Waals surface area contributed by atoms with Crippen molar-refractivity contribution in [2.45, 2.75) is 18.6 Å². The lowest BCUT2D eigenvalue weighted by molar-refractivity contribution is -0.137. The lowest BCUT2D eigenvalue weighted by Crippen LogP contribution is -2.43. The maximum Gasteiger partial charge on any atom is 0.416 e. The Bertz CT molecular complexity index is 1140. The first-order valence-corrected chi connectivity index (χ1v) is 9.55. The number of urea groups is 1. The first-order valence-electron chi connectivity index (χ1n) is 9.55. The zero-order valence-electron chi connectivity index (χ0n) is 16.2. The molecule has 0 spiro atoms. The molecule has 156 valence electrons. The number of amides is 2. The third-order valence-electron chi connectivity index (χ3n) is 5.23. The highest BCUT2D eigenvalue weighted by Crippen LogP contribution is 2.37. The number of carbonyl (C=O) groups excluding carboxylic acids is 1. The van der Waals surface area contributed by atoms with E-state index in [4.69, 9.17) is 5.26 Å². The van der Waals surface area contributed by atoms with Crippen LogP contribution >= 0.6 is 0 Å². The Kier molecular flexibility index (Phi) is 5.34. The number of nitrogens with one attached hydrogen (secondary N) is 1. The number of hydrogen-bond acceptors (Lipinski definition) is 3. The van der Waals surface area contributed by atoms with Crippen LogP contribution in [0.5, 0.6) is 0 Å². The van der Waals surface area contributed by atoms with Gasteiger partial charge in [0.1, 0.15) is 11.8 Å². The van der Waals surface area contributed by atoms with Crippen LogP contribution < -0.4 is 5.32 Å². The van der Waals surface area contributed by atoms with Gasteiger partial charge in [0.05, 0.1) is 23.5 Å². The van der Waals surface area contributed by atoms with E-state index >= 15 is 0 Å². The highest BCUT2D eigenvalue weighted by molar-refractivity contribution is 5.90. The molecule has 1 aromatic heterocycles. The highest BCUT2D eigenvalue weighted by Gasteiger charge is 2.34. The molecule has 4 rings (SSSR count). The summed E-state index contributed by atoms with van der Waals surface area (Å²) in [6.45, 7) is 0.401. The van der Waals surface area contributed by atoms with Crippen LogP contribution in [0.2, 0.25) is 0 Å². The van der Waals surface area contributed by atoms with Crippen LogP contribution in [0.3, 0.4) is 0 Å². The Balaban J connectivity index is 1.67. The van der Waals surface area contributed by atoms with Crippen molar-refractivity contribution in [2.75, 3.05) is 11.9 Å². The van der Waals surface area contributed by atoms with Crippen molar-refractivity contribution in [3.05, 3.63) is 94.8 Å². The van der Waals surface area contributed by atoms with Gasteiger partial charge in [0.15, 0.2) is 0 Å². The number of alkyl halides is 3. The molecule has 0 aliphatic carbocycles. The van der Waals surface area contributed by atoms with E-state index in [-0.39, 0.29) is 5.69 Å². The van der Waals surface area contributed by atoms with Crippen LogP contribution in [0.4, 0.5) is 23.7 Å². The third-order valence-corrected chi connectivity index (χ3v) is 5.23. The van der Waals surface area contributed by atoms with Gasteiger partial charge in [0.25, 0.3) is 0 Å². The van der Waals surface area contributed by atoms with E-state index in [2.05, 4.69) is 10.3 Å². The van der Waals surface area contributed by atoms with Gasteiger partial charge in [-0.15, -0.1) is 0 Å². The molecule has 8 heteroatoms. The Morgan fingerprint density at radius 3 is 2.48 bits per heavy atom. The standard InChI is InChI=1S/C23H17F3N4O/c24-23(25,26)17-7-5-16(6-8-17)21-20-4-2-1-3-15(20)11-12-30(21)22(31)29-19-10-9-18(13-27)28-14-19/h1-10,14,21H,11-12H2,(H,29,31). The fraction of sp³-hybridized carbons (Fsp3) is 0.174. The van der Waals surface area contributed by atoms with E-state index in [1.54, 1.807) is 11.0 Å². The number of benzene rings is 2. The van der Waals surface area contributed by atoms with Gasteiger partial charge in [-0.05, 0) is 47.4 Å². The maximum atomic E-state index is 13.1. The number of anilines is 1. The highest BCUT2D eigenvalue weighted by atomic mass is 19.4. The minimum Gasteiger partial charge on any atom is -0.313 e. The largest absolute Gasteiger partial charge is 0.416 e.